The summed E-state index contributed by atoms with van der Waals surface area (Å²) < 4.78 is 12.6. The van der Waals surface area contributed by atoms with E-state index in [1.807, 2.05) is 30.3 Å². The molecule has 2 aliphatic heterocycles. The van der Waals surface area contributed by atoms with Gasteiger partial charge >= 0.3 is 11.9 Å². The van der Waals surface area contributed by atoms with E-state index in [4.69, 9.17) is 14.5 Å². The van der Waals surface area contributed by atoms with Gasteiger partial charge in [0, 0.05) is 22.9 Å². The van der Waals surface area contributed by atoms with Crippen molar-refractivity contribution in [2.45, 2.75) is 51.9 Å². The predicted molar refractivity (Wildman–Crippen MR) is 118 cm³/mol. The number of aromatic nitrogens is 2. The number of hydrogen-bond donors (Lipinski definition) is 0. The van der Waals surface area contributed by atoms with Crippen molar-refractivity contribution in [3.05, 3.63) is 63.4 Å². The van der Waals surface area contributed by atoms with Crippen LogP contribution in [0.3, 0.4) is 0 Å². The summed E-state index contributed by atoms with van der Waals surface area (Å²) in [6.45, 7) is 3.25. The Morgan fingerprint density at radius 2 is 1.97 bits per heavy atom. The molecule has 0 saturated heterocycles. The molecule has 8 heteroatoms. The molecule has 0 fully saturated rings. The smallest absolute Gasteiger partial charge is 0.355 e. The Kier molecular flexibility index (Phi) is 4.88. The van der Waals surface area contributed by atoms with E-state index in [-0.39, 0.29) is 42.8 Å². The van der Waals surface area contributed by atoms with Crippen LogP contribution in [0.5, 0.6) is 0 Å². The van der Waals surface area contributed by atoms with E-state index in [1.54, 1.807) is 17.6 Å². The molecule has 0 amide bonds. The number of hydrogen-bond acceptors (Lipinski definition) is 7. The third-order valence-corrected chi connectivity index (χ3v) is 6.35. The van der Waals surface area contributed by atoms with Crippen molar-refractivity contribution in [3.63, 3.8) is 0 Å². The lowest BCUT2D eigenvalue weighted by Gasteiger charge is -2.35. The normalized spacial score (nSPS) is 18.3. The van der Waals surface area contributed by atoms with Gasteiger partial charge in [-0.05, 0) is 31.5 Å². The maximum absolute atomic E-state index is 13.4. The molecule has 1 aromatic carbocycles. The second-order valence-corrected chi connectivity index (χ2v) is 8.43. The van der Waals surface area contributed by atoms with Gasteiger partial charge in [-0.15, -0.1) is 0 Å². The summed E-state index contributed by atoms with van der Waals surface area (Å²) in [4.78, 5) is 54.9. The molecule has 0 bridgehead atoms. The summed E-state index contributed by atoms with van der Waals surface area (Å²) in [5, 5.41) is 0.975. The van der Waals surface area contributed by atoms with Crippen LogP contribution in [0.15, 0.2) is 41.2 Å². The average Bonchev–Trinajstić information content (AvgIpc) is 3.16. The minimum atomic E-state index is -1.74. The molecule has 168 valence electrons. The fourth-order valence-corrected chi connectivity index (χ4v) is 4.61. The predicted octanol–water partition coefficient (Wildman–Crippen LogP) is 3.00. The number of rotatable bonds is 5. The van der Waals surface area contributed by atoms with Crippen LogP contribution in [0.2, 0.25) is 0 Å². The standard InChI is InChI=1S/C25H22N2O6/c1-3-25(33-21(29)9-8-14(2)28)18-11-20-22-16(10-15-6-4-5-7-19(15)26-22)12-27(20)23(30)17(18)13-32-24(25)31/h4-7,10-11H,3,8-9,12-13H2,1-2H3. The van der Waals surface area contributed by atoms with Crippen LogP contribution < -0.4 is 5.56 Å². The van der Waals surface area contributed by atoms with Crippen molar-refractivity contribution < 1.29 is 23.9 Å². The fourth-order valence-electron chi connectivity index (χ4n) is 4.61. The minimum Gasteiger partial charge on any atom is -0.457 e. The average molecular weight is 446 g/mol. The van der Waals surface area contributed by atoms with E-state index >= 15 is 0 Å². The van der Waals surface area contributed by atoms with Crippen LogP contribution in [0.4, 0.5) is 0 Å². The second-order valence-electron chi connectivity index (χ2n) is 8.43. The molecule has 33 heavy (non-hydrogen) atoms. The molecule has 1 unspecified atom stereocenters. The number of nitrogens with zero attached hydrogens (tertiary/aromatic N) is 2. The molecule has 0 aliphatic carbocycles. The first-order chi connectivity index (χ1) is 15.8. The Hall–Kier alpha value is -3.81. The zero-order chi connectivity index (χ0) is 23.3. The van der Waals surface area contributed by atoms with Gasteiger partial charge in [-0.3, -0.25) is 9.59 Å². The monoisotopic (exact) mass is 446 g/mol. The lowest BCUT2D eigenvalue weighted by atomic mass is 9.85. The Morgan fingerprint density at radius 3 is 2.73 bits per heavy atom. The Labute approximate surface area is 189 Å². The molecule has 0 N–H and O–H groups in total. The van der Waals surface area contributed by atoms with Crippen molar-refractivity contribution in [1.29, 1.82) is 0 Å². The molecule has 0 radical (unpaired) electrons. The first kappa shape index (κ1) is 21.1. The largest absolute Gasteiger partial charge is 0.457 e. The minimum absolute atomic E-state index is 0.0117. The zero-order valence-corrected chi connectivity index (χ0v) is 18.3. The molecule has 2 aromatic heterocycles. The first-order valence-electron chi connectivity index (χ1n) is 10.9. The molecule has 0 saturated carbocycles. The molecule has 2 aliphatic rings. The van der Waals surface area contributed by atoms with Crippen molar-refractivity contribution in [2.24, 2.45) is 0 Å². The van der Waals surface area contributed by atoms with E-state index in [0.717, 1.165) is 16.5 Å². The number of benzene rings is 1. The highest BCUT2D eigenvalue weighted by atomic mass is 16.6. The van der Waals surface area contributed by atoms with Gasteiger partial charge in [0.1, 0.15) is 12.4 Å². The topological polar surface area (TPSA) is 105 Å². The summed E-state index contributed by atoms with van der Waals surface area (Å²) in [6, 6.07) is 11.4. The van der Waals surface area contributed by atoms with E-state index in [0.29, 0.717) is 23.5 Å². The highest BCUT2D eigenvalue weighted by Gasteiger charge is 2.50. The van der Waals surface area contributed by atoms with Gasteiger partial charge in [0.15, 0.2) is 0 Å². The molecule has 8 nitrogen and oxygen atoms in total. The van der Waals surface area contributed by atoms with Crippen LogP contribution in [0, 0.1) is 0 Å². The first-order valence-corrected chi connectivity index (χ1v) is 10.9. The van der Waals surface area contributed by atoms with Crippen LogP contribution in [0.1, 0.15) is 49.8 Å². The highest BCUT2D eigenvalue weighted by molar-refractivity contribution is 5.89. The zero-order valence-electron chi connectivity index (χ0n) is 18.3. The third-order valence-electron chi connectivity index (χ3n) is 6.35. The summed E-state index contributed by atoms with van der Waals surface area (Å²) in [5.41, 5.74) is 1.53. The van der Waals surface area contributed by atoms with Crippen LogP contribution in [0.25, 0.3) is 22.3 Å². The Balaban J connectivity index is 1.66. The van der Waals surface area contributed by atoms with E-state index < -0.39 is 17.5 Å². The van der Waals surface area contributed by atoms with Crippen LogP contribution in [-0.2, 0) is 42.6 Å². The summed E-state index contributed by atoms with van der Waals surface area (Å²) in [5.74, 6) is -1.57. The number of Topliss-reactive ketones (excluding diaryl/α,β-unsaturated/α-hetero) is 1. The quantitative estimate of drug-likeness (QED) is 0.434. The van der Waals surface area contributed by atoms with Gasteiger partial charge in [0.25, 0.3) is 5.56 Å². The maximum Gasteiger partial charge on any atom is 0.355 e. The third kappa shape index (κ3) is 3.25. The Bertz CT molecular complexity index is 1410. The number of ketones is 1. The SMILES string of the molecule is CCC1(OC(=O)CCC(C)=O)C(=O)OCc2c1cc1n(c2=O)Cc2cc3ccccc3nc2-1. The summed E-state index contributed by atoms with van der Waals surface area (Å²) in [6.07, 6.45) is -0.0523. The molecule has 0 spiro atoms. The lowest BCUT2D eigenvalue weighted by molar-refractivity contribution is -0.189. The molecule has 4 heterocycles. The highest BCUT2D eigenvalue weighted by Crippen LogP contribution is 2.41. The molecular formula is C25H22N2O6. The van der Waals surface area contributed by atoms with E-state index in [9.17, 15) is 19.2 Å². The molecule has 1 atom stereocenters. The van der Waals surface area contributed by atoms with Crippen molar-refractivity contribution in [3.8, 4) is 11.4 Å². The van der Waals surface area contributed by atoms with Crippen molar-refractivity contribution in [1.82, 2.24) is 9.55 Å². The number of fused-ring (bicyclic) bond motifs is 5. The van der Waals surface area contributed by atoms with Gasteiger partial charge in [-0.1, -0.05) is 25.1 Å². The number of carbonyl (C=O) groups excluding carboxylic acids is 3. The van der Waals surface area contributed by atoms with Crippen LogP contribution >= 0.6 is 0 Å². The molecule has 3 aromatic rings. The number of ether oxygens (including phenoxy) is 2. The van der Waals surface area contributed by atoms with Crippen molar-refractivity contribution in [2.75, 3.05) is 0 Å². The van der Waals surface area contributed by atoms with Crippen LogP contribution in [-0.4, -0.2) is 27.3 Å². The molecular weight excluding hydrogens is 424 g/mol. The van der Waals surface area contributed by atoms with Gasteiger partial charge in [0.05, 0.1) is 35.4 Å². The summed E-state index contributed by atoms with van der Waals surface area (Å²) >= 11 is 0. The van der Waals surface area contributed by atoms with Gasteiger partial charge in [-0.25, -0.2) is 9.78 Å². The number of esters is 2. The van der Waals surface area contributed by atoms with E-state index in [1.165, 1.54) is 6.92 Å². The number of cyclic esters (lactones) is 1. The van der Waals surface area contributed by atoms with Gasteiger partial charge in [0.2, 0.25) is 5.60 Å². The summed E-state index contributed by atoms with van der Waals surface area (Å²) in [7, 11) is 0. The maximum atomic E-state index is 13.4. The second kappa shape index (κ2) is 7.65. The van der Waals surface area contributed by atoms with Gasteiger partial charge in [-0.2, -0.15) is 0 Å². The van der Waals surface area contributed by atoms with Crippen molar-refractivity contribution >= 4 is 28.6 Å². The Morgan fingerprint density at radius 1 is 1.18 bits per heavy atom. The van der Waals surface area contributed by atoms with Gasteiger partial charge < -0.3 is 18.8 Å². The number of pyridine rings is 2. The molecule has 5 rings (SSSR count). The van der Waals surface area contributed by atoms with E-state index in [2.05, 4.69) is 0 Å². The fraction of sp³-hybridized carbons (Fsp3) is 0.320. The lowest BCUT2D eigenvalue weighted by Crippen LogP contribution is -2.47. The number of carbonyl (C=O) groups is 3. The number of para-hydroxylation sites is 1.